The summed E-state index contributed by atoms with van der Waals surface area (Å²) in [5.41, 5.74) is 0. The van der Waals surface area contributed by atoms with Crippen molar-refractivity contribution in [3.05, 3.63) is 0 Å². The van der Waals surface area contributed by atoms with E-state index in [2.05, 4.69) is 17.1 Å². The molecule has 2 fully saturated rings. The summed E-state index contributed by atoms with van der Waals surface area (Å²) in [7, 11) is 0. The van der Waals surface area contributed by atoms with E-state index in [1.807, 2.05) is 0 Å². The van der Waals surface area contributed by atoms with Gasteiger partial charge < -0.3 is 10.2 Å². The molecule has 2 heterocycles. The highest BCUT2D eigenvalue weighted by atomic mass is 16.2. The fourth-order valence-corrected chi connectivity index (χ4v) is 2.53. The van der Waals surface area contributed by atoms with Crippen LogP contribution < -0.4 is 5.32 Å². The van der Waals surface area contributed by atoms with E-state index in [1.165, 1.54) is 19.3 Å². The van der Waals surface area contributed by atoms with Gasteiger partial charge >= 0.3 is 0 Å². The molecule has 0 aromatic carbocycles. The fraction of sp³-hybridized carbons (Fsp3) is 0.909. The second kappa shape index (κ2) is 4.30. The molecule has 2 aliphatic heterocycles. The van der Waals surface area contributed by atoms with Gasteiger partial charge in [0.2, 0.25) is 5.91 Å². The SMILES string of the molecule is C[C@@H]1CCCCN1C(=O)[C@@H]1CCNC1. The highest BCUT2D eigenvalue weighted by molar-refractivity contribution is 5.79. The lowest BCUT2D eigenvalue weighted by Crippen LogP contribution is -2.45. The Hall–Kier alpha value is -0.570. The lowest BCUT2D eigenvalue weighted by atomic mass is 10.00. The van der Waals surface area contributed by atoms with E-state index in [0.29, 0.717) is 11.9 Å². The average molecular weight is 196 g/mol. The lowest BCUT2D eigenvalue weighted by Gasteiger charge is -2.35. The smallest absolute Gasteiger partial charge is 0.227 e. The summed E-state index contributed by atoms with van der Waals surface area (Å²) in [5, 5.41) is 3.26. The first kappa shape index (κ1) is 9.97. The Bertz CT molecular complexity index is 211. The molecule has 0 spiro atoms. The number of nitrogens with one attached hydrogen (secondary N) is 1. The van der Waals surface area contributed by atoms with Crippen LogP contribution in [0.2, 0.25) is 0 Å². The van der Waals surface area contributed by atoms with Crippen LogP contribution in [0.3, 0.4) is 0 Å². The molecule has 0 aliphatic carbocycles. The lowest BCUT2D eigenvalue weighted by molar-refractivity contribution is -0.138. The molecule has 14 heavy (non-hydrogen) atoms. The Morgan fingerprint density at radius 3 is 2.86 bits per heavy atom. The van der Waals surface area contributed by atoms with Gasteiger partial charge in [0.1, 0.15) is 0 Å². The zero-order chi connectivity index (χ0) is 9.97. The maximum absolute atomic E-state index is 12.1. The van der Waals surface area contributed by atoms with E-state index < -0.39 is 0 Å². The maximum atomic E-state index is 12.1. The summed E-state index contributed by atoms with van der Waals surface area (Å²) in [6.45, 7) is 5.07. The van der Waals surface area contributed by atoms with Crippen LogP contribution in [-0.2, 0) is 4.79 Å². The summed E-state index contributed by atoms with van der Waals surface area (Å²) in [6, 6.07) is 0.469. The number of piperidine rings is 1. The summed E-state index contributed by atoms with van der Waals surface area (Å²) in [5.74, 6) is 0.651. The van der Waals surface area contributed by atoms with Crippen molar-refractivity contribution in [3.63, 3.8) is 0 Å². The zero-order valence-electron chi connectivity index (χ0n) is 8.96. The minimum atomic E-state index is 0.260. The minimum absolute atomic E-state index is 0.260. The number of hydrogen-bond donors (Lipinski definition) is 1. The predicted octanol–water partition coefficient (Wildman–Crippen LogP) is 0.997. The highest BCUT2D eigenvalue weighted by Gasteiger charge is 2.30. The first-order valence-electron chi connectivity index (χ1n) is 5.80. The average Bonchev–Trinajstić information content (AvgIpc) is 2.70. The molecule has 2 atom stereocenters. The third-order valence-electron chi connectivity index (χ3n) is 3.50. The Balaban J connectivity index is 1.94. The van der Waals surface area contributed by atoms with Crippen LogP contribution in [0.5, 0.6) is 0 Å². The van der Waals surface area contributed by atoms with Gasteiger partial charge in [0.05, 0.1) is 5.92 Å². The first-order valence-corrected chi connectivity index (χ1v) is 5.80. The van der Waals surface area contributed by atoms with Gasteiger partial charge in [0, 0.05) is 19.1 Å². The number of hydrogen-bond acceptors (Lipinski definition) is 2. The molecule has 0 saturated carbocycles. The monoisotopic (exact) mass is 196 g/mol. The van der Waals surface area contributed by atoms with E-state index in [-0.39, 0.29) is 5.92 Å². The van der Waals surface area contributed by atoms with E-state index in [0.717, 1.165) is 26.1 Å². The van der Waals surface area contributed by atoms with Gasteiger partial charge in [0.25, 0.3) is 0 Å². The van der Waals surface area contributed by atoms with Crippen LogP contribution in [0.1, 0.15) is 32.6 Å². The van der Waals surface area contributed by atoms with Gasteiger partial charge in [-0.1, -0.05) is 0 Å². The van der Waals surface area contributed by atoms with E-state index in [1.54, 1.807) is 0 Å². The predicted molar refractivity (Wildman–Crippen MR) is 56.0 cm³/mol. The van der Waals surface area contributed by atoms with E-state index >= 15 is 0 Å². The zero-order valence-corrected chi connectivity index (χ0v) is 8.96. The van der Waals surface area contributed by atoms with Crippen molar-refractivity contribution in [2.45, 2.75) is 38.6 Å². The molecule has 2 aliphatic rings. The molecule has 3 nitrogen and oxygen atoms in total. The Morgan fingerprint density at radius 2 is 2.21 bits per heavy atom. The number of rotatable bonds is 1. The second-order valence-corrected chi connectivity index (χ2v) is 4.57. The van der Waals surface area contributed by atoms with Gasteiger partial charge in [0.15, 0.2) is 0 Å². The van der Waals surface area contributed by atoms with Gasteiger partial charge in [-0.05, 0) is 39.2 Å². The van der Waals surface area contributed by atoms with Crippen LogP contribution in [0.4, 0.5) is 0 Å². The van der Waals surface area contributed by atoms with Crippen LogP contribution in [0.25, 0.3) is 0 Å². The van der Waals surface area contributed by atoms with Crippen molar-refractivity contribution in [2.75, 3.05) is 19.6 Å². The normalized spacial score (nSPS) is 33.4. The number of nitrogens with zero attached hydrogens (tertiary/aromatic N) is 1. The molecule has 3 heteroatoms. The molecule has 2 saturated heterocycles. The van der Waals surface area contributed by atoms with Gasteiger partial charge in [-0.25, -0.2) is 0 Å². The molecule has 0 aromatic heterocycles. The third kappa shape index (κ3) is 1.92. The second-order valence-electron chi connectivity index (χ2n) is 4.57. The number of likely N-dealkylation sites (tertiary alicyclic amines) is 1. The number of carbonyl (C=O) groups is 1. The summed E-state index contributed by atoms with van der Waals surface area (Å²) < 4.78 is 0. The first-order chi connectivity index (χ1) is 6.79. The number of carbonyl (C=O) groups excluding carboxylic acids is 1. The largest absolute Gasteiger partial charge is 0.340 e. The Morgan fingerprint density at radius 1 is 1.36 bits per heavy atom. The Kier molecular flexibility index (Phi) is 3.06. The Labute approximate surface area is 85.8 Å². The fourth-order valence-electron chi connectivity index (χ4n) is 2.53. The van der Waals surface area contributed by atoms with Crippen LogP contribution >= 0.6 is 0 Å². The van der Waals surface area contributed by atoms with Crippen LogP contribution in [0.15, 0.2) is 0 Å². The van der Waals surface area contributed by atoms with Crippen LogP contribution in [0, 0.1) is 5.92 Å². The van der Waals surface area contributed by atoms with Crippen molar-refractivity contribution in [1.29, 1.82) is 0 Å². The van der Waals surface area contributed by atoms with Crippen molar-refractivity contribution < 1.29 is 4.79 Å². The van der Waals surface area contributed by atoms with Gasteiger partial charge in [-0.3, -0.25) is 4.79 Å². The highest BCUT2D eigenvalue weighted by Crippen LogP contribution is 2.20. The molecule has 80 valence electrons. The molecule has 0 radical (unpaired) electrons. The van der Waals surface area contributed by atoms with Crippen molar-refractivity contribution >= 4 is 5.91 Å². The van der Waals surface area contributed by atoms with Crippen LogP contribution in [-0.4, -0.2) is 36.5 Å². The van der Waals surface area contributed by atoms with E-state index in [4.69, 9.17) is 0 Å². The molecule has 0 aromatic rings. The summed E-state index contributed by atoms with van der Waals surface area (Å²) >= 11 is 0. The molecule has 2 rings (SSSR count). The molecule has 1 amide bonds. The van der Waals surface area contributed by atoms with Crippen molar-refractivity contribution in [2.24, 2.45) is 5.92 Å². The molecule has 0 unspecified atom stereocenters. The van der Waals surface area contributed by atoms with Gasteiger partial charge in [-0.15, -0.1) is 0 Å². The molecule has 0 bridgehead atoms. The standard InChI is InChI=1S/C11H20N2O/c1-9-4-2-3-7-13(9)11(14)10-5-6-12-8-10/h9-10,12H,2-8H2,1H3/t9-,10-/m1/s1. The number of amides is 1. The molecular weight excluding hydrogens is 176 g/mol. The molecular formula is C11H20N2O. The maximum Gasteiger partial charge on any atom is 0.227 e. The third-order valence-corrected chi connectivity index (χ3v) is 3.50. The van der Waals surface area contributed by atoms with Gasteiger partial charge in [-0.2, -0.15) is 0 Å². The summed E-state index contributed by atoms with van der Waals surface area (Å²) in [6.07, 6.45) is 4.69. The molecule has 1 N–H and O–H groups in total. The summed E-state index contributed by atoms with van der Waals surface area (Å²) in [4.78, 5) is 14.2. The topological polar surface area (TPSA) is 32.3 Å². The van der Waals surface area contributed by atoms with Crippen molar-refractivity contribution in [1.82, 2.24) is 10.2 Å². The van der Waals surface area contributed by atoms with E-state index in [9.17, 15) is 4.79 Å². The van der Waals surface area contributed by atoms with Crippen molar-refractivity contribution in [3.8, 4) is 0 Å². The minimum Gasteiger partial charge on any atom is -0.340 e. The quantitative estimate of drug-likeness (QED) is 0.678.